The van der Waals surface area contributed by atoms with Crippen LogP contribution in [0, 0.1) is 16.7 Å². The Morgan fingerprint density at radius 2 is 2.14 bits per heavy atom. The van der Waals surface area contributed by atoms with Crippen molar-refractivity contribution in [2.45, 2.75) is 37.9 Å². The molecule has 2 rings (SSSR count). The molecule has 2 unspecified atom stereocenters. The Balaban J connectivity index is 1.79. The van der Waals surface area contributed by atoms with Crippen molar-refractivity contribution in [3.63, 3.8) is 0 Å². The lowest BCUT2D eigenvalue weighted by atomic mass is 9.95. The summed E-state index contributed by atoms with van der Waals surface area (Å²) in [6, 6.07) is -0.182. The molecule has 4 N–H and O–H groups in total. The normalized spacial score (nSPS) is 26.1. The van der Waals surface area contributed by atoms with Crippen LogP contribution in [0.15, 0.2) is 0 Å². The van der Waals surface area contributed by atoms with Crippen molar-refractivity contribution >= 4 is 17.6 Å². The molecule has 0 aliphatic carbocycles. The number of nitrogens with zero attached hydrogens (tertiary/aromatic N) is 1. The molecule has 0 radical (unpaired) electrons. The molecular weight excluding hydrogens is 299 g/mol. The van der Waals surface area contributed by atoms with Gasteiger partial charge in [-0.05, 0) is 31.7 Å². The molecule has 0 aromatic heterocycles. The Morgan fingerprint density at radius 1 is 1.41 bits per heavy atom. The van der Waals surface area contributed by atoms with E-state index in [2.05, 4.69) is 10.6 Å². The molecule has 1 amide bonds. The van der Waals surface area contributed by atoms with E-state index in [0.29, 0.717) is 17.9 Å². The largest absolute Gasteiger partial charge is 0.449 e. The van der Waals surface area contributed by atoms with Gasteiger partial charge in [-0.15, -0.1) is 0 Å². The quantitative estimate of drug-likeness (QED) is 0.463. The Morgan fingerprint density at radius 3 is 2.68 bits per heavy atom. The number of alkyl halides is 3. The van der Waals surface area contributed by atoms with Gasteiger partial charge in [0, 0.05) is 19.5 Å². The lowest BCUT2D eigenvalue weighted by Gasteiger charge is -2.34. The molecule has 0 bridgehead atoms. The van der Waals surface area contributed by atoms with Gasteiger partial charge in [0.05, 0.1) is 6.04 Å². The molecule has 2 aliphatic heterocycles. The molecule has 22 heavy (non-hydrogen) atoms. The van der Waals surface area contributed by atoms with E-state index >= 15 is 0 Å². The average molecular weight is 319 g/mol. The van der Waals surface area contributed by atoms with Crippen LogP contribution in [0.2, 0.25) is 0 Å². The molecule has 6 nitrogen and oxygen atoms in total. The second-order valence-corrected chi connectivity index (χ2v) is 5.70. The molecule has 2 aliphatic rings. The minimum Gasteiger partial charge on any atom is -0.354 e. The average Bonchev–Trinajstić information content (AvgIpc) is 2.97. The van der Waals surface area contributed by atoms with Gasteiger partial charge >= 0.3 is 6.18 Å². The number of amides is 1. The summed E-state index contributed by atoms with van der Waals surface area (Å²) in [7, 11) is 0. The maximum absolute atomic E-state index is 12.5. The predicted molar refractivity (Wildman–Crippen MR) is 75.0 cm³/mol. The van der Waals surface area contributed by atoms with Crippen molar-refractivity contribution < 1.29 is 18.0 Å². The molecule has 9 heteroatoms. The van der Waals surface area contributed by atoms with E-state index in [0.717, 1.165) is 19.4 Å². The molecule has 0 aromatic rings. The standard InChI is InChI=1S/C13H20F3N5O/c14-13(15,16)12(18)21-5-3-8(6-10(21)17)7-20-11(22)9-2-1-4-19-9/h8-9,17-19H,1-7H2,(H,20,22). The monoisotopic (exact) mass is 319 g/mol. The summed E-state index contributed by atoms with van der Waals surface area (Å²) in [4.78, 5) is 12.5. The van der Waals surface area contributed by atoms with Gasteiger partial charge in [0.2, 0.25) is 11.7 Å². The second-order valence-electron chi connectivity index (χ2n) is 5.70. The first-order valence-electron chi connectivity index (χ1n) is 7.31. The topological polar surface area (TPSA) is 92.1 Å². The van der Waals surface area contributed by atoms with Crippen LogP contribution in [-0.4, -0.2) is 54.3 Å². The summed E-state index contributed by atoms with van der Waals surface area (Å²) < 4.78 is 37.5. The first-order valence-corrected chi connectivity index (χ1v) is 7.31. The molecule has 2 heterocycles. The molecule has 2 atom stereocenters. The van der Waals surface area contributed by atoms with Crippen LogP contribution in [0.5, 0.6) is 0 Å². The molecule has 124 valence electrons. The summed E-state index contributed by atoms with van der Waals surface area (Å²) in [6.45, 7) is 1.16. The molecular formula is C13H20F3N5O. The van der Waals surface area contributed by atoms with Crippen LogP contribution in [0.4, 0.5) is 13.2 Å². The van der Waals surface area contributed by atoms with Gasteiger partial charge < -0.3 is 15.5 Å². The Kier molecular flexibility index (Phi) is 5.05. The highest BCUT2D eigenvalue weighted by Crippen LogP contribution is 2.24. The minimum absolute atomic E-state index is 0.0145. The zero-order chi connectivity index (χ0) is 16.3. The van der Waals surface area contributed by atoms with Gasteiger partial charge in [0.1, 0.15) is 5.84 Å². The lowest BCUT2D eigenvalue weighted by Crippen LogP contribution is -2.50. The predicted octanol–water partition coefficient (Wildman–Crippen LogP) is 1.08. The summed E-state index contributed by atoms with van der Waals surface area (Å²) in [6.07, 6.45) is -2.43. The van der Waals surface area contributed by atoms with Gasteiger partial charge in [-0.1, -0.05) is 0 Å². The van der Waals surface area contributed by atoms with Crippen molar-refractivity contribution in [2.75, 3.05) is 19.6 Å². The highest BCUT2D eigenvalue weighted by Gasteiger charge is 2.41. The van der Waals surface area contributed by atoms with Crippen molar-refractivity contribution in [3.8, 4) is 0 Å². The van der Waals surface area contributed by atoms with E-state index in [4.69, 9.17) is 10.8 Å². The minimum atomic E-state index is -4.73. The fraction of sp³-hybridized carbons (Fsp3) is 0.769. The number of nitrogens with one attached hydrogen (secondary N) is 4. The SMILES string of the molecule is N=C1CC(CNC(=O)C2CCCN2)CCN1C(=N)C(F)(F)F. The maximum Gasteiger partial charge on any atom is 0.449 e. The molecule has 2 saturated heterocycles. The van der Waals surface area contributed by atoms with Crippen molar-refractivity contribution in [3.05, 3.63) is 0 Å². The number of hydrogen-bond acceptors (Lipinski definition) is 4. The van der Waals surface area contributed by atoms with Crippen molar-refractivity contribution in [1.29, 1.82) is 10.8 Å². The van der Waals surface area contributed by atoms with Crippen molar-refractivity contribution in [2.24, 2.45) is 5.92 Å². The maximum atomic E-state index is 12.5. The third-order valence-electron chi connectivity index (χ3n) is 4.05. The van der Waals surface area contributed by atoms with E-state index in [9.17, 15) is 18.0 Å². The Labute approximate surface area is 126 Å². The fourth-order valence-corrected chi connectivity index (χ4v) is 2.78. The zero-order valence-corrected chi connectivity index (χ0v) is 12.1. The van der Waals surface area contributed by atoms with Gasteiger partial charge in [-0.25, -0.2) is 0 Å². The molecule has 0 saturated carbocycles. The third kappa shape index (κ3) is 3.96. The Bertz CT molecular complexity index is 459. The zero-order valence-electron chi connectivity index (χ0n) is 12.1. The number of likely N-dealkylation sites (tertiary alicyclic amines) is 1. The van der Waals surface area contributed by atoms with Crippen LogP contribution in [0.3, 0.4) is 0 Å². The number of halogens is 3. The van der Waals surface area contributed by atoms with Crippen molar-refractivity contribution in [1.82, 2.24) is 15.5 Å². The molecule has 2 fully saturated rings. The lowest BCUT2D eigenvalue weighted by molar-refractivity contribution is -0.123. The van der Waals surface area contributed by atoms with E-state index in [1.165, 1.54) is 0 Å². The van der Waals surface area contributed by atoms with Crippen LogP contribution in [-0.2, 0) is 4.79 Å². The van der Waals surface area contributed by atoms with Crippen LogP contribution in [0.1, 0.15) is 25.7 Å². The molecule has 0 spiro atoms. The summed E-state index contributed by atoms with van der Waals surface area (Å²) in [5.74, 6) is -1.86. The van der Waals surface area contributed by atoms with E-state index in [-0.39, 0.29) is 36.7 Å². The summed E-state index contributed by atoms with van der Waals surface area (Å²) >= 11 is 0. The smallest absolute Gasteiger partial charge is 0.354 e. The van der Waals surface area contributed by atoms with Crippen LogP contribution >= 0.6 is 0 Å². The second kappa shape index (κ2) is 6.64. The van der Waals surface area contributed by atoms with E-state index in [1.54, 1.807) is 0 Å². The van der Waals surface area contributed by atoms with Gasteiger partial charge in [0.25, 0.3) is 0 Å². The first-order chi connectivity index (χ1) is 10.3. The molecule has 0 aromatic carbocycles. The number of piperidine rings is 1. The number of rotatable bonds is 3. The van der Waals surface area contributed by atoms with E-state index in [1.807, 2.05) is 0 Å². The van der Waals surface area contributed by atoms with Gasteiger partial charge in [-0.3, -0.25) is 15.6 Å². The highest BCUT2D eigenvalue weighted by molar-refractivity contribution is 6.01. The van der Waals surface area contributed by atoms with Crippen LogP contribution < -0.4 is 10.6 Å². The van der Waals surface area contributed by atoms with Gasteiger partial charge in [-0.2, -0.15) is 13.2 Å². The number of carbonyl (C=O) groups excluding carboxylic acids is 1. The number of carbonyl (C=O) groups is 1. The highest BCUT2D eigenvalue weighted by atomic mass is 19.4. The van der Waals surface area contributed by atoms with Gasteiger partial charge in [0.15, 0.2) is 0 Å². The number of amidine groups is 2. The first kappa shape index (κ1) is 16.7. The van der Waals surface area contributed by atoms with Crippen LogP contribution in [0.25, 0.3) is 0 Å². The summed E-state index contributed by atoms with van der Waals surface area (Å²) in [5, 5.41) is 20.7. The number of hydrogen-bond donors (Lipinski definition) is 4. The third-order valence-corrected chi connectivity index (χ3v) is 4.05. The summed E-state index contributed by atoms with van der Waals surface area (Å²) in [5.41, 5.74) is 0. The van der Waals surface area contributed by atoms with E-state index < -0.39 is 12.0 Å². The fourth-order valence-electron chi connectivity index (χ4n) is 2.78. The Hall–Kier alpha value is -1.64.